The highest BCUT2D eigenvalue weighted by Gasteiger charge is 2.12. The average molecular weight is 357 g/mol. The van der Waals surface area contributed by atoms with Gasteiger partial charge in [0.2, 0.25) is 0 Å². The lowest BCUT2D eigenvalue weighted by Crippen LogP contribution is -2.12. The molecule has 2 aromatic carbocycles. The molecule has 0 radical (unpaired) electrons. The molecular formula is C14H13FINO. The Kier molecular flexibility index (Phi) is 4.19. The average Bonchev–Trinajstić information content (AvgIpc) is 2.37. The zero-order valence-corrected chi connectivity index (χ0v) is 12.0. The van der Waals surface area contributed by atoms with Gasteiger partial charge in [-0.2, -0.15) is 0 Å². The van der Waals surface area contributed by atoms with Crippen LogP contribution in [0.4, 0.5) is 4.39 Å². The topological polar surface area (TPSA) is 35.2 Å². The van der Waals surface area contributed by atoms with Crippen LogP contribution in [0.3, 0.4) is 0 Å². The highest BCUT2D eigenvalue weighted by atomic mass is 127. The first-order valence-corrected chi connectivity index (χ1v) is 6.54. The Bertz CT molecular complexity index is 559. The summed E-state index contributed by atoms with van der Waals surface area (Å²) in [4.78, 5) is 0. The van der Waals surface area contributed by atoms with Crippen molar-refractivity contribution in [3.8, 4) is 5.75 Å². The second kappa shape index (κ2) is 5.67. The van der Waals surface area contributed by atoms with Crippen LogP contribution < -0.4 is 10.5 Å². The van der Waals surface area contributed by atoms with Crippen LogP contribution in [-0.4, -0.2) is 7.11 Å². The van der Waals surface area contributed by atoms with Gasteiger partial charge in [0.1, 0.15) is 0 Å². The molecule has 2 N–H and O–H groups in total. The lowest BCUT2D eigenvalue weighted by Gasteiger charge is -2.14. The summed E-state index contributed by atoms with van der Waals surface area (Å²) in [6, 6.07) is 12.3. The fourth-order valence-electron chi connectivity index (χ4n) is 1.77. The van der Waals surface area contributed by atoms with Crippen molar-refractivity contribution in [1.29, 1.82) is 0 Å². The van der Waals surface area contributed by atoms with Gasteiger partial charge in [-0.15, -0.1) is 0 Å². The van der Waals surface area contributed by atoms with Crippen LogP contribution in [-0.2, 0) is 0 Å². The number of nitrogens with two attached hydrogens (primary N) is 1. The Labute approximate surface area is 119 Å². The maximum atomic E-state index is 13.6. The van der Waals surface area contributed by atoms with E-state index in [0.717, 1.165) is 14.7 Å². The van der Waals surface area contributed by atoms with Crippen molar-refractivity contribution in [2.75, 3.05) is 7.11 Å². The van der Waals surface area contributed by atoms with E-state index in [1.807, 2.05) is 24.3 Å². The van der Waals surface area contributed by atoms with Crippen LogP contribution in [0.5, 0.6) is 5.75 Å². The van der Waals surface area contributed by atoms with Crippen LogP contribution >= 0.6 is 22.6 Å². The zero-order chi connectivity index (χ0) is 13.1. The van der Waals surface area contributed by atoms with Gasteiger partial charge in [0, 0.05) is 3.57 Å². The van der Waals surface area contributed by atoms with Gasteiger partial charge in [0.05, 0.1) is 13.2 Å². The summed E-state index contributed by atoms with van der Waals surface area (Å²) in [6.45, 7) is 0. The molecule has 0 saturated heterocycles. The summed E-state index contributed by atoms with van der Waals surface area (Å²) in [7, 11) is 1.44. The van der Waals surface area contributed by atoms with Crippen LogP contribution in [0.25, 0.3) is 0 Å². The second-order valence-electron chi connectivity index (χ2n) is 3.93. The minimum absolute atomic E-state index is 0.230. The molecule has 0 heterocycles. The summed E-state index contributed by atoms with van der Waals surface area (Å²) in [5, 5.41) is 0. The normalized spacial score (nSPS) is 12.2. The highest BCUT2D eigenvalue weighted by Crippen LogP contribution is 2.25. The summed E-state index contributed by atoms with van der Waals surface area (Å²) >= 11 is 2.23. The van der Waals surface area contributed by atoms with E-state index >= 15 is 0 Å². The van der Waals surface area contributed by atoms with Crippen LogP contribution in [0.15, 0.2) is 42.5 Å². The highest BCUT2D eigenvalue weighted by molar-refractivity contribution is 14.1. The number of halogens is 2. The van der Waals surface area contributed by atoms with E-state index < -0.39 is 5.82 Å². The van der Waals surface area contributed by atoms with Crippen molar-refractivity contribution in [2.45, 2.75) is 6.04 Å². The molecule has 18 heavy (non-hydrogen) atoms. The molecule has 0 spiro atoms. The van der Waals surface area contributed by atoms with E-state index in [-0.39, 0.29) is 11.8 Å². The Morgan fingerprint density at radius 3 is 2.50 bits per heavy atom. The lowest BCUT2D eigenvalue weighted by molar-refractivity contribution is 0.386. The zero-order valence-electron chi connectivity index (χ0n) is 9.86. The fraction of sp³-hybridized carbons (Fsp3) is 0.143. The quantitative estimate of drug-likeness (QED) is 0.854. The third kappa shape index (κ3) is 2.81. The molecule has 0 bridgehead atoms. The summed E-state index contributed by atoms with van der Waals surface area (Å²) in [6.07, 6.45) is 0. The second-order valence-corrected chi connectivity index (χ2v) is 5.17. The largest absolute Gasteiger partial charge is 0.494 e. The number of methoxy groups -OCH3 is 1. The van der Waals surface area contributed by atoms with Crippen LogP contribution in [0.2, 0.25) is 0 Å². The van der Waals surface area contributed by atoms with Gasteiger partial charge in [-0.25, -0.2) is 4.39 Å². The minimum atomic E-state index is -0.393. The maximum absolute atomic E-state index is 13.6. The first-order valence-electron chi connectivity index (χ1n) is 5.46. The van der Waals surface area contributed by atoms with Crippen LogP contribution in [0, 0.1) is 9.39 Å². The number of rotatable bonds is 3. The van der Waals surface area contributed by atoms with E-state index in [0.29, 0.717) is 0 Å². The Morgan fingerprint density at radius 2 is 1.89 bits per heavy atom. The van der Waals surface area contributed by atoms with Crippen molar-refractivity contribution < 1.29 is 9.13 Å². The molecule has 0 aliphatic carbocycles. The van der Waals surface area contributed by atoms with Crippen molar-refractivity contribution in [3.05, 3.63) is 63.0 Å². The smallest absolute Gasteiger partial charge is 0.165 e. The predicted octanol–water partition coefficient (Wildman–Crippen LogP) is 3.49. The summed E-state index contributed by atoms with van der Waals surface area (Å²) in [5.74, 6) is -0.162. The van der Waals surface area contributed by atoms with E-state index in [2.05, 4.69) is 22.6 Å². The van der Waals surface area contributed by atoms with E-state index in [1.54, 1.807) is 12.1 Å². The molecule has 0 fully saturated rings. The standard InChI is InChI=1S/C14H13FINO/c1-18-13-6-5-10(8-12(13)15)14(17)9-3-2-4-11(16)7-9/h2-8,14H,17H2,1H3. The maximum Gasteiger partial charge on any atom is 0.165 e. The fourth-order valence-corrected chi connectivity index (χ4v) is 2.34. The number of hydrogen-bond donors (Lipinski definition) is 1. The number of ether oxygens (including phenoxy) is 1. The minimum Gasteiger partial charge on any atom is -0.494 e. The van der Waals surface area contributed by atoms with Gasteiger partial charge < -0.3 is 10.5 Å². The molecule has 2 aromatic rings. The summed E-state index contributed by atoms with van der Waals surface area (Å²) in [5.41, 5.74) is 7.83. The van der Waals surface area contributed by atoms with Crippen molar-refractivity contribution >= 4 is 22.6 Å². The first-order chi connectivity index (χ1) is 8.61. The molecule has 1 unspecified atom stereocenters. The molecule has 2 nitrogen and oxygen atoms in total. The van der Waals surface area contributed by atoms with Gasteiger partial charge in [0.15, 0.2) is 11.6 Å². The third-order valence-corrected chi connectivity index (χ3v) is 3.41. The number of benzene rings is 2. The SMILES string of the molecule is COc1ccc(C(N)c2cccc(I)c2)cc1F. The molecule has 94 valence electrons. The monoisotopic (exact) mass is 357 g/mol. The number of hydrogen-bond acceptors (Lipinski definition) is 2. The molecule has 2 rings (SSSR count). The molecule has 0 aliphatic heterocycles. The van der Waals surface area contributed by atoms with Gasteiger partial charge in [0.25, 0.3) is 0 Å². The Hall–Kier alpha value is -1.14. The lowest BCUT2D eigenvalue weighted by atomic mass is 9.99. The van der Waals surface area contributed by atoms with Gasteiger partial charge in [-0.3, -0.25) is 0 Å². The van der Waals surface area contributed by atoms with Gasteiger partial charge in [-0.05, 0) is 58.0 Å². The molecule has 0 amide bonds. The molecular weight excluding hydrogens is 344 g/mol. The molecule has 0 saturated carbocycles. The summed E-state index contributed by atoms with van der Waals surface area (Å²) < 4.78 is 19.6. The van der Waals surface area contributed by atoms with E-state index in [9.17, 15) is 4.39 Å². The van der Waals surface area contributed by atoms with E-state index in [4.69, 9.17) is 10.5 Å². The van der Waals surface area contributed by atoms with Crippen LogP contribution in [0.1, 0.15) is 17.2 Å². The molecule has 0 aliphatic rings. The van der Waals surface area contributed by atoms with Crippen molar-refractivity contribution in [1.82, 2.24) is 0 Å². The van der Waals surface area contributed by atoms with E-state index in [1.165, 1.54) is 13.2 Å². The van der Waals surface area contributed by atoms with Gasteiger partial charge >= 0.3 is 0 Å². The first kappa shape index (κ1) is 13.3. The molecule has 4 heteroatoms. The Morgan fingerprint density at radius 1 is 1.17 bits per heavy atom. The Balaban J connectivity index is 2.34. The van der Waals surface area contributed by atoms with Gasteiger partial charge in [-0.1, -0.05) is 18.2 Å². The molecule has 1 atom stereocenters. The van der Waals surface area contributed by atoms with Crippen molar-refractivity contribution in [3.63, 3.8) is 0 Å². The molecule has 0 aromatic heterocycles. The predicted molar refractivity (Wildman–Crippen MR) is 78.1 cm³/mol. The van der Waals surface area contributed by atoms with Crippen molar-refractivity contribution in [2.24, 2.45) is 5.73 Å². The third-order valence-electron chi connectivity index (χ3n) is 2.74.